The number of β-lactam (4-membered cyclic amide) rings is 1. The molecule has 1 fully saturated rings. The van der Waals surface area contributed by atoms with Crippen molar-refractivity contribution in [2.24, 2.45) is 10.7 Å². The highest BCUT2D eigenvalue weighted by Gasteiger charge is 2.59. The molecule has 0 spiro atoms. The molecule has 0 saturated carbocycles. The van der Waals surface area contributed by atoms with Gasteiger partial charge in [-0.25, -0.2) is 0 Å². The van der Waals surface area contributed by atoms with Crippen molar-refractivity contribution in [3.05, 3.63) is 108 Å². The van der Waals surface area contributed by atoms with Gasteiger partial charge in [0.1, 0.15) is 6.04 Å². The van der Waals surface area contributed by atoms with Crippen LogP contribution in [0, 0.1) is 0 Å². The summed E-state index contributed by atoms with van der Waals surface area (Å²) >= 11 is 0. The summed E-state index contributed by atoms with van der Waals surface area (Å²) < 4.78 is 0. The summed E-state index contributed by atoms with van der Waals surface area (Å²) in [6, 6.07) is 28.9. The highest BCUT2D eigenvalue weighted by molar-refractivity contribution is 5.93. The Bertz CT molecular complexity index is 941. The SMILES string of the molecule is N[C@H]1C(=O)N(Cc2ccccc2)[C@@]1(/N=C/c1ccccc1)c1ccccc1. The van der Waals surface area contributed by atoms with Crippen LogP contribution in [0.1, 0.15) is 16.7 Å². The number of aliphatic imine (C=N–C) groups is 1. The third-order valence-electron chi connectivity index (χ3n) is 4.97. The van der Waals surface area contributed by atoms with Gasteiger partial charge in [-0.15, -0.1) is 0 Å². The van der Waals surface area contributed by atoms with Crippen LogP contribution in [0.4, 0.5) is 0 Å². The molecule has 0 bridgehead atoms. The van der Waals surface area contributed by atoms with E-state index in [0.717, 1.165) is 16.7 Å². The zero-order valence-electron chi connectivity index (χ0n) is 14.9. The molecule has 27 heavy (non-hydrogen) atoms. The Hall–Kier alpha value is -3.24. The van der Waals surface area contributed by atoms with Crippen LogP contribution in [-0.2, 0) is 17.0 Å². The Morgan fingerprint density at radius 2 is 1.44 bits per heavy atom. The fraction of sp³-hybridized carbons (Fsp3) is 0.130. The van der Waals surface area contributed by atoms with Crippen LogP contribution in [-0.4, -0.2) is 23.1 Å². The Morgan fingerprint density at radius 3 is 2.07 bits per heavy atom. The van der Waals surface area contributed by atoms with Crippen LogP contribution < -0.4 is 5.73 Å². The second-order valence-corrected chi connectivity index (χ2v) is 6.65. The lowest BCUT2D eigenvalue weighted by Gasteiger charge is -2.53. The summed E-state index contributed by atoms with van der Waals surface area (Å²) in [5.74, 6) is -0.0899. The van der Waals surface area contributed by atoms with Crippen molar-refractivity contribution >= 4 is 12.1 Å². The number of carbonyl (C=O) groups is 1. The number of benzene rings is 3. The molecule has 0 aromatic heterocycles. The average Bonchev–Trinajstić information content (AvgIpc) is 2.75. The van der Waals surface area contributed by atoms with Gasteiger partial charge in [-0.1, -0.05) is 91.0 Å². The molecule has 4 heteroatoms. The normalized spacial score (nSPS) is 22.0. The molecule has 2 atom stereocenters. The van der Waals surface area contributed by atoms with E-state index in [1.165, 1.54) is 0 Å². The summed E-state index contributed by atoms with van der Waals surface area (Å²) in [6.07, 6.45) is 1.80. The third kappa shape index (κ3) is 3.04. The fourth-order valence-electron chi connectivity index (χ4n) is 3.53. The van der Waals surface area contributed by atoms with E-state index in [2.05, 4.69) is 0 Å². The monoisotopic (exact) mass is 355 g/mol. The maximum Gasteiger partial charge on any atom is 0.246 e. The Labute approximate surface area is 159 Å². The molecule has 0 unspecified atom stereocenters. The molecule has 0 radical (unpaired) electrons. The first-order valence-corrected chi connectivity index (χ1v) is 8.98. The molecule has 1 amide bonds. The molecule has 2 N–H and O–H groups in total. The van der Waals surface area contributed by atoms with E-state index in [4.69, 9.17) is 10.7 Å². The largest absolute Gasteiger partial charge is 0.316 e. The summed E-state index contributed by atoms with van der Waals surface area (Å²) in [5, 5.41) is 0. The van der Waals surface area contributed by atoms with Crippen molar-refractivity contribution in [3.63, 3.8) is 0 Å². The van der Waals surface area contributed by atoms with E-state index >= 15 is 0 Å². The van der Waals surface area contributed by atoms with Crippen LogP contribution in [0.25, 0.3) is 0 Å². The van der Waals surface area contributed by atoms with Crippen LogP contribution in [0.15, 0.2) is 96.0 Å². The van der Waals surface area contributed by atoms with Gasteiger partial charge in [-0.3, -0.25) is 9.79 Å². The second-order valence-electron chi connectivity index (χ2n) is 6.65. The summed E-state index contributed by atoms with van der Waals surface area (Å²) in [5.41, 5.74) is 8.37. The fourth-order valence-corrected chi connectivity index (χ4v) is 3.53. The van der Waals surface area contributed by atoms with Crippen LogP contribution >= 0.6 is 0 Å². The lowest BCUT2D eigenvalue weighted by Crippen LogP contribution is -2.74. The minimum Gasteiger partial charge on any atom is -0.316 e. The van der Waals surface area contributed by atoms with E-state index < -0.39 is 11.7 Å². The van der Waals surface area contributed by atoms with Gasteiger partial charge in [-0.2, -0.15) is 0 Å². The first-order chi connectivity index (χ1) is 13.2. The quantitative estimate of drug-likeness (QED) is 0.564. The second kappa shape index (κ2) is 7.17. The molecule has 134 valence electrons. The Balaban J connectivity index is 1.76. The number of carbonyl (C=O) groups excluding carboxylic acids is 1. The zero-order valence-corrected chi connectivity index (χ0v) is 14.9. The van der Waals surface area contributed by atoms with Crippen LogP contribution in [0.2, 0.25) is 0 Å². The molecule has 3 aromatic carbocycles. The van der Waals surface area contributed by atoms with Gasteiger partial charge in [-0.05, 0) is 11.1 Å². The summed E-state index contributed by atoms with van der Waals surface area (Å²) in [6.45, 7) is 0.467. The highest BCUT2D eigenvalue weighted by atomic mass is 16.2. The van der Waals surface area contributed by atoms with E-state index in [1.807, 2.05) is 91.0 Å². The topological polar surface area (TPSA) is 58.7 Å². The number of likely N-dealkylation sites (tertiary alicyclic amines) is 1. The van der Waals surface area contributed by atoms with Crippen LogP contribution in [0.5, 0.6) is 0 Å². The molecule has 4 rings (SSSR count). The van der Waals surface area contributed by atoms with Crippen molar-refractivity contribution in [3.8, 4) is 0 Å². The molecule has 1 saturated heterocycles. The van der Waals surface area contributed by atoms with Gasteiger partial charge in [0.2, 0.25) is 5.91 Å². The average molecular weight is 355 g/mol. The Morgan fingerprint density at radius 1 is 0.889 bits per heavy atom. The van der Waals surface area contributed by atoms with Crippen LogP contribution in [0.3, 0.4) is 0 Å². The first kappa shape index (κ1) is 17.2. The number of hydrogen-bond donors (Lipinski definition) is 1. The molecule has 3 aromatic rings. The maximum atomic E-state index is 12.7. The lowest BCUT2D eigenvalue weighted by atomic mass is 9.81. The standard InChI is InChI=1S/C23H21N3O/c24-21-22(27)26(17-19-12-6-2-7-13-19)23(21,20-14-8-3-9-15-20)25-16-18-10-4-1-5-11-18/h1-16,21H,17,24H2/b25-16+/t21-,23-/m0/s1. The van der Waals surface area contributed by atoms with Crippen molar-refractivity contribution in [1.82, 2.24) is 4.90 Å². The molecule has 1 heterocycles. The maximum absolute atomic E-state index is 12.7. The van der Waals surface area contributed by atoms with Gasteiger partial charge < -0.3 is 10.6 Å². The van der Waals surface area contributed by atoms with Gasteiger partial charge in [0.15, 0.2) is 5.66 Å². The highest BCUT2D eigenvalue weighted by Crippen LogP contribution is 2.43. The van der Waals surface area contributed by atoms with E-state index in [9.17, 15) is 4.79 Å². The van der Waals surface area contributed by atoms with Crippen molar-refractivity contribution in [2.75, 3.05) is 0 Å². The van der Waals surface area contributed by atoms with E-state index in [-0.39, 0.29) is 5.91 Å². The molecule has 1 aliphatic rings. The smallest absolute Gasteiger partial charge is 0.246 e. The van der Waals surface area contributed by atoms with Crippen molar-refractivity contribution in [2.45, 2.75) is 18.2 Å². The molecular formula is C23H21N3O. The van der Waals surface area contributed by atoms with Crippen molar-refractivity contribution < 1.29 is 4.79 Å². The minimum absolute atomic E-state index is 0.0899. The molecule has 0 aliphatic carbocycles. The zero-order chi connectivity index (χ0) is 18.7. The molecule has 1 aliphatic heterocycles. The summed E-state index contributed by atoms with van der Waals surface area (Å²) in [7, 11) is 0. The predicted molar refractivity (Wildman–Crippen MR) is 107 cm³/mol. The van der Waals surface area contributed by atoms with Crippen molar-refractivity contribution in [1.29, 1.82) is 0 Å². The van der Waals surface area contributed by atoms with Gasteiger partial charge in [0.05, 0.1) is 0 Å². The number of nitrogens with two attached hydrogens (primary N) is 1. The van der Waals surface area contributed by atoms with E-state index in [0.29, 0.717) is 6.54 Å². The van der Waals surface area contributed by atoms with Gasteiger partial charge in [0.25, 0.3) is 0 Å². The predicted octanol–water partition coefficient (Wildman–Crippen LogP) is 3.33. The van der Waals surface area contributed by atoms with Gasteiger partial charge in [0, 0.05) is 18.3 Å². The summed E-state index contributed by atoms with van der Waals surface area (Å²) in [4.78, 5) is 19.3. The number of amides is 1. The van der Waals surface area contributed by atoms with Gasteiger partial charge >= 0.3 is 0 Å². The number of nitrogens with zero attached hydrogens (tertiary/aromatic N) is 2. The Kier molecular flexibility index (Phi) is 4.57. The van der Waals surface area contributed by atoms with E-state index in [1.54, 1.807) is 11.1 Å². The lowest BCUT2D eigenvalue weighted by molar-refractivity contribution is -0.163. The molecular weight excluding hydrogens is 334 g/mol. The number of rotatable bonds is 5. The minimum atomic E-state index is -0.899. The molecule has 4 nitrogen and oxygen atoms in total. The third-order valence-corrected chi connectivity index (χ3v) is 4.97. The number of hydrogen-bond acceptors (Lipinski definition) is 3. The first-order valence-electron chi connectivity index (χ1n) is 8.98.